The van der Waals surface area contributed by atoms with Crippen LogP contribution in [0.15, 0.2) is 18.2 Å². The molecule has 0 spiro atoms. The van der Waals surface area contributed by atoms with E-state index in [2.05, 4.69) is 18.3 Å². The molecule has 1 N–H and O–H groups in total. The molecule has 0 atom stereocenters. The molecule has 0 bridgehead atoms. The van der Waals surface area contributed by atoms with Crippen LogP contribution >= 0.6 is 0 Å². The Morgan fingerprint density at radius 2 is 2.29 bits per heavy atom. The molecular weight excluding hydrogens is 176 g/mol. The highest BCUT2D eigenvalue weighted by Gasteiger charge is 2.18. The zero-order valence-corrected chi connectivity index (χ0v) is 8.50. The van der Waals surface area contributed by atoms with Gasteiger partial charge in [-0.15, -0.1) is 0 Å². The minimum atomic E-state index is 0.108. The van der Waals surface area contributed by atoms with Crippen molar-refractivity contribution in [3.05, 3.63) is 23.8 Å². The maximum atomic E-state index is 11.3. The van der Waals surface area contributed by atoms with Crippen molar-refractivity contribution in [2.75, 3.05) is 23.3 Å². The van der Waals surface area contributed by atoms with Gasteiger partial charge in [-0.1, -0.05) is 6.07 Å². The minimum absolute atomic E-state index is 0.108. The first-order chi connectivity index (χ1) is 6.68. The molecule has 0 aliphatic carbocycles. The van der Waals surface area contributed by atoms with Crippen LogP contribution in [0.1, 0.15) is 12.5 Å². The third-order valence-electron chi connectivity index (χ3n) is 2.47. The van der Waals surface area contributed by atoms with Gasteiger partial charge in [-0.2, -0.15) is 0 Å². The zero-order valence-electron chi connectivity index (χ0n) is 8.50. The molecule has 1 aromatic rings. The molecule has 3 heteroatoms. The predicted molar refractivity (Wildman–Crippen MR) is 57.7 cm³/mol. The number of nitrogens with zero attached hydrogens (tertiary/aromatic N) is 1. The molecule has 74 valence electrons. The van der Waals surface area contributed by atoms with Gasteiger partial charge in [0, 0.05) is 20.0 Å². The predicted octanol–water partition coefficient (Wildman–Crippen LogP) is 1.77. The highest BCUT2D eigenvalue weighted by molar-refractivity contribution is 5.96. The minimum Gasteiger partial charge on any atom is -0.382 e. The van der Waals surface area contributed by atoms with Gasteiger partial charge in [-0.05, 0) is 24.6 Å². The van der Waals surface area contributed by atoms with Gasteiger partial charge in [0.25, 0.3) is 0 Å². The van der Waals surface area contributed by atoms with E-state index < -0.39 is 0 Å². The summed E-state index contributed by atoms with van der Waals surface area (Å²) in [5.41, 5.74) is 3.27. The molecule has 1 aliphatic rings. The number of hydrogen-bond donors (Lipinski definition) is 1. The van der Waals surface area contributed by atoms with Gasteiger partial charge in [0.05, 0.1) is 11.4 Å². The molecule has 0 saturated carbocycles. The van der Waals surface area contributed by atoms with Gasteiger partial charge in [-0.3, -0.25) is 4.79 Å². The molecule has 1 aliphatic heterocycles. The van der Waals surface area contributed by atoms with Crippen molar-refractivity contribution < 1.29 is 4.79 Å². The third kappa shape index (κ3) is 1.45. The summed E-state index contributed by atoms with van der Waals surface area (Å²) in [5, 5.41) is 3.29. The first kappa shape index (κ1) is 9.06. The Hall–Kier alpha value is -1.51. The molecule has 0 aromatic heterocycles. The van der Waals surface area contributed by atoms with Crippen molar-refractivity contribution in [2.24, 2.45) is 0 Å². The molecule has 2 rings (SSSR count). The van der Waals surface area contributed by atoms with Crippen molar-refractivity contribution in [1.29, 1.82) is 0 Å². The quantitative estimate of drug-likeness (QED) is 0.676. The molecule has 0 fully saturated rings. The van der Waals surface area contributed by atoms with E-state index in [-0.39, 0.29) is 5.91 Å². The van der Waals surface area contributed by atoms with E-state index in [1.807, 2.05) is 17.0 Å². The average Bonchev–Trinajstić information content (AvgIpc) is 2.16. The molecule has 1 aromatic carbocycles. The number of rotatable bonds is 0. The molecular formula is C11H14N2O. The Morgan fingerprint density at radius 3 is 3.00 bits per heavy atom. The Kier molecular flexibility index (Phi) is 2.15. The van der Waals surface area contributed by atoms with E-state index in [1.165, 1.54) is 5.56 Å². The molecule has 0 unspecified atom stereocenters. The summed E-state index contributed by atoms with van der Waals surface area (Å²) < 4.78 is 0. The molecule has 3 nitrogen and oxygen atoms in total. The number of carbonyl (C=O) groups is 1. The molecule has 1 amide bonds. The summed E-state index contributed by atoms with van der Waals surface area (Å²) in [7, 11) is 0. The summed E-state index contributed by atoms with van der Waals surface area (Å²) in [6.07, 6.45) is 0. The first-order valence-electron chi connectivity index (χ1n) is 4.81. The Morgan fingerprint density at radius 1 is 1.50 bits per heavy atom. The number of nitrogens with one attached hydrogen (secondary N) is 1. The summed E-state index contributed by atoms with van der Waals surface area (Å²) >= 11 is 0. The monoisotopic (exact) mass is 190 g/mol. The zero-order chi connectivity index (χ0) is 10.1. The van der Waals surface area contributed by atoms with Gasteiger partial charge >= 0.3 is 0 Å². The van der Waals surface area contributed by atoms with Crippen LogP contribution in [-0.2, 0) is 4.79 Å². The van der Waals surface area contributed by atoms with Gasteiger partial charge in [0.15, 0.2) is 0 Å². The molecule has 14 heavy (non-hydrogen) atoms. The summed E-state index contributed by atoms with van der Waals surface area (Å²) in [6, 6.07) is 6.10. The maximum absolute atomic E-state index is 11.3. The summed E-state index contributed by atoms with van der Waals surface area (Å²) in [6.45, 7) is 5.24. The lowest BCUT2D eigenvalue weighted by molar-refractivity contribution is -0.116. The fourth-order valence-corrected chi connectivity index (χ4v) is 1.78. The topological polar surface area (TPSA) is 32.3 Å². The maximum Gasteiger partial charge on any atom is 0.223 e. The lowest BCUT2D eigenvalue weighted by Gasteiger charge is -2.29. The molecule has 1 heterocycles. The second-order valence-electron chi connectivity index (χ2n) is 3.62. The van der Waals surface area contributed by atoms with Crippen LogP contribution in [0.2, 0.25) is 0 Å². The Balaban J connectivity index is 2.44. The second kappa shape index (κ2) is 3.33. The van der Waals surface area contributed by atoms with E-state index in [9.17, 15) is 4.79 Å². The van der Waals surface area contributed by atoms with Crippen molar-refractivity contribution in [1.82, 2.24) is 0 Å². The number of benzene rings is 1. The van der Waals surface area contributed by atoms with E-state index in [0.29, 0.717) is 0 Å². The average molecular weight is 190 g/mol. The fraction of sp³-hybridized carbons (Fsp3) is 0.364. The van der Waals surface area contributed by atoms with Crippen molar-refractivity contribution in [3.8, 4) is 0 Å². The third-order valence-corrected chi connectivity index (χ3v) is 2.47. The van der Waals surface area contributed by atoms with Crippen LogP contribution in [0.25, 0.3) is 0 Å². The Labute approximate surface area is 83.7 Å². The van der Waals surface area contributed by atoms with E-state index in [0.717, 1.165) is 24.5 Å². The second-order valence-corrected chi connectivity index (χ2v) is 3.62. The van der Waals surface area contributed by atoms with Gasteiger partial charge in [-0.25, -0.2) is 0 Å². The lowest BCUT2D eigenvalue weighted by Crippen LogP contribution is -2.37. The van der Waals surface area contributed by atoms with Crippen LogP contribution in [0.3, 0.4) is 0 Å². The number of fused-ring (bicyclic) bond motifs is 1. The van der Waals surface area contributed by atoms with Crippen LogP contribution in [0, 0.1) is 6.92 Å². The summed E-state index contributed by atoms with van der Waals surface area (Å²) in [5.74, 6) is 0.108. The smallest absolute Gasteiger partial charge is 0.223 e. The number of aryl methyl sites for hydroxylation is 1. The molecule has 0 saturated heterocycles. The van der Waals surface area contributed by atoms with Gasteiger partial charge in [0.2, 0.25) is 5.91 Å². The highest BCUT2D eigenvalue weighted by Crippen LogP contribution is 2.29. The van der Waals surface area contributed by atoms with Crippen LogP contribution in [0.4, 0.5) is 11.4 Å². The van der Waals surface area contributed by atoms with Crippen LogP contribution < -0.4 is 10.2 Å². The highest BCUT2D eigenvalue weighted by atomic mass is 16.2. The van der Waals surface area contributed by atoms with Crippen molar-refractivity contribution >= 4 is 17.3 Å². The Bertz CT molecular complexity index is 374. The largest absolute Gasteiger partial charge is 0.382 e. The normalized spacial score (nSPS) is 14.6. The standard InChI is InChI=1S/C11H14N2O/c1-8-3-4-11-10(7-8)12-5-6-13(11)9(2)14/h3-4,7,12H,5-6H2,1-2H3. The van der Waals surface area contributed by atoms with E-state index >= 15 is 0 Å². The number of hydrogen-bond acceptors (Lipinski definition) is 2. The first-order valence-corrected chi connectivity index (χ1v) is 4.81. The van der Waals surface area contributed by atoms with Crippen molar-refractivity contribution in [3.63, 3.8) is 0 Å². The van der Waals surface area contributed by atoms with Crippen LogP contribution in [-0.4, -0.2) is 19.0 Å². The van der Waals surface area contributed by atoms with E-state index in [4.69, 9.17) is 0 Å². The molecule has 0 radical (unpaired) electrons. The van der Waals surface area contributed by atoms with Crippen molar-refractivity contribution in [2.45, 2.75) is 13.8 Å². The number of amides is 1. The summed E-state index contributed by atoms with van der Waals surface area (Å²) in [4.78, 5) is 13.2. The fourth-order valence-electron chi connectivity index (χ4n) is 1.78. The van der Waals surface area contributed by atoms with Crippen LogP contribution in [0.5, 0.6) is 0 Å². The van der Waals surface area contributed by atoms with E-state index in [1.54, 1.807) is 6.92 Å². The number of anilines is 2. The lowest BCUT2D eigenvalue weighted by atomic mass is 10.1. The number of carbonyl (C=O) groups excluding carboxylic acids is 1. The van der Waals surface area contributed by atoms with Gasteiger partial charge < -0.3 is 10.2 Å². The SMILES string of the molecule is CC(=O)N1CCNc2cc(C)ccc21. The van der Waals surface area contributed by atoms with Gasteiger partial charge in [0.1, 0.15) is 0 Å².